The SMILES string of the molecule is CCNC(=O)[C@H](C)NC(=O)COC(=O)c1cc(-c2ccccc2)n[nH]1. The first-order valence-corrected chi connectivity index (χ1v) is 7.86. The van der Waals surface area contributed by atoms with Gasteiger partial charge in [-0.15, -0.1) is 0 Å². The number of H-pyrrole nitrogens is 1. The van der Waals surface area contributed by atoms with Crippen molar-refractivity contribution in [3.63, 3.8) is 0 Å². The fraction of sp³-hybridized carbons (Fsp3) is 0.294. The number of ether oxygens (including phenoxy) is 1. The number of hydrogen-bond donors (Lipinski definition) is 3. The van der Waals surface area contributed by atoms with Gasteiger partial charge in [0.25, 0.3) is 5.91 Å². The number of benzene rings is 1. The van der Waals surface area contributed by atoms with Gasteiger partial charge in [0.05, 0.1) is 5.69 Å². The monoisotopic (exact) mass is 344 g/mol. The summed E-state index contributed by atoms with van der Waals surface area (Å²) in [6.07, 6.45) is 0. The lowest BCUT2D eigenvalue weighted by atomic mass is 10.1. The Labute approximate surface area is 145 Å². The largest absolute Gasteiger partial charge is 0.451 e. The zero-order chi connectivity index (χ0) is 18.2. The molecule has 2 rings (SSSR count). The van der Waals surface area contributed by atoms with Crippen molar-refractivity contribution in [2.75, 3.05) is 13.2 Å². The number of hydrogen-bond acceptors (Lipinski definition) is 5. The fourth-order valence-corrected chi connectivity index (χ4v) is 2.07. The van der Waals surface area contributed by atoms with E-state index in [1.54, 1.807) is 19.9 Å². The Bertz CT molecular complexity index is 742. The maximum atomic E-state index is 12.0. The van der Waals surface area contributed by atoms with Crippen LogP contribution in [0.2, 0.25) is 0 Å². The molecule has 0 saturated heterocycles. The quantitative estimate of drug-likeness (QED) is 0.645. The van der Waals surface area contributed by atoms with E-state index in [2.05, 4.69) is 20.8 Å². The number of likely N-dealkylation sites (N-methyl/N-ethyl adjacent to an activating group) is 1. The molecule has 0 spiro atoms. The van der Waals surface area contributed by atoms with Crippen LogP contribution in [0.3, 0.4) is 0 Å². The first-order chi connectivity index (χ1) is 12.0. The van der Waals surface area contributed by atoms with Crippen LogP contribution >= 0.6 is 0 Å². The van der Waals surface area contributed by atoms with Gasteiger partial charge >= 0.3 is 5.97 Å². The predicted octanol–water partition coefficient (Wildman–Crippen LogP) is 0.874. The van der Waals surface area contributed by atoms with Crippen molar-refractivity contribution in [2.45, 2.75) is 19.9 Å². The Morgan fingerprint density at radius 3 is 2.64 bits per heavy atom. The van der Waals surface area contributed by atoms with Crippen molar-refractivity contribution in [1.29, 1.82) is 0 Å². The number of carbonyl (C=O) groups excluding carboxylic acids is 3. The molecule has 1 aromatic heterocycles. The van der Waals surface area contributed by atoms with E-state index in [1.165, 1.54) is 0 Å². The molecule has 1 aromatic carbocycles. The summed E-state index contributed by atoms with van der Waals surface area (Å²) in [5.41, 5.74) is 1.59. The van der Waals surface area contributed by atoms with Crippen molar-refractivity contribution in [3.8, 4) is 11.3 Å². The minimum Gasteiger partial charge on any atom is -0.451 e. The van der Waals surface area contributed by atoms with E-state index >= 15 is 0 Å². The van der Waals surface area contributed by atoms with Crippen molar-refractivity contribution < 1.29 is 19.1 Å². The molecule has 132 valence electrons. The molecule has 1 heterocycles. The highest BCUT2D eigenvalue weighted by Crippen LogP contribution is 2.17. The maximum Gasteiger partial charge on any atom is 0.356 e. The lowest BCUT2D eigenvalue weighted by Crippen LogP contribution is -2.46. The Balaban J connectivity index is 1.85. The second-order valence-corrected chi connectivity index (χ2v) is 5.29. The minimum atomic E-state index is -0.706. The van der Waals surface area contributed by atoms with Gasteiger partial charge in [-0.25, -0.2) is 4.79 Å². The molecule has 0 aliphatic rings. The lowest BCUT2D eigenvalue weighted by Gasteiger charge is -2.13. The molecule has 0 bridgehead atoms. The summed E-state index contributed by atoms with van der Waals surface area (Å²) in [4.78, 5) is 35.2. The molecule has 0 radical (unpaired) electrons. The van der Waals surface area contributed by atoms with Gasteiger partial charge in [-0.3, -0.25) is 14.7 Å². The van der Waals surface area contributed by atoms with Crippen LogP contribution in [0, 0.1) is 0 Å². The van der Waals surface area contributed by atoms with Gasteiger partial charge in [-0.1, -0.05) is 30.3 Å². The summed E-state index contributed by atoms with van der Waals surface area (Å²) in [6, 6.07) is 10.2. The number of nitrogens with one attached hydrogen (secondary N) is 3. The van der Waals surface area contributed by atoms with Gasteiger partial charge < -0.3 is 15.4 Å². The number of aromatic amines is 1. The van der Waals surface area contributed by atoms with Gasteiger partial charge in [-0.2, -0.15) is 5.10 Å². The minimum absolute atomic E-state index is 0.142. The van der Waals surface area contributed by atoms with Crippen LogP contribution in [0.25, 0.3) is 11.3 Å². The number of rotatable bonds is 7. The van der Waals surface area contributed by atoms with E-state index < -0.39 is 24.5 Å². The number of nitrogens with zero attached hydrogens (tertiary/aromatic N) is 1. The van der Waals surface area contributed by atoms with E-state index in [0.717, 1.165) is 5.56 Å². The van der Waals surface area contributed by atoms with E-state index in [0.29, 0.717) is 12.2 Å². The molecule has 2 aromatic rings. The summed E-state index contributed by atoms with van der Waals surface area (Å²) in [6.45, 7) is 3.31. The van der Waals surface area contributed by atoms with Crippen LogP contribution in [0.1, 0.15) is 24.3 Å². The summed E-state index contributed by atoms with van der Waals surface area (Å²) < 4.78 is 4.93. The molecule has 0 aliphatic heterocycles. The summed E-state index contributed by atoms with van der Waals surface area (Å²) in [7, 11) is 0. The van der Waals surface area contributed by atoms with Crippen molar-refractivity contribution in [1.82, 2.24) is 20.8 Å². The molecular weight excluding hydrogens is 324 g/mol. The van der Waals surface area contributed by atoms with E-state index in [4.69, 9.17) is 4.74 Å². The van der Waals surface area contributed by atoms with Gasteiger partial charge in [0.15, 0.2) is 6.61 Å². The average Bonchev–Trinajstić information content (AvgIpc) is 3.11. The highest BCUT2D eigenvalue weighted by atomic mass is 16.5. The Hall–Kier alpha value is -3.16. The fourth-order valence-electron chi connectivity index (χ4n) is 2.07. The third kappa shape index (κ3) is 5.17. The Morgan fingerprint density at radius 2 is 1.96 bits per heavy atom. The molecule has 25 heavy (non-hydrogen) atoms. The van der Waals surface area contributed by atoms with Crippen LogP contribution < -0.4 is 10.6 Å². The van der Waals surface area contributed by atoms with Crippen LogP contribution in [0.15, 0.2) is 36.4 Å². The standard InChI is InChI=1S/C17H20N4O4/c1-3-18-16(23)11(2)19-15(22)10-25-17(24)14-9-13(20-21-14)12-7-5-4-6-8-12/h4-9,11H,3,10H2,1-2H3,(H,18,23)(H,19,22)(H,20,21)/t11-/m0/s1. The highest BCUT2D eigenvalue weighted by Gasteiger charge is 2.17. The maximum absolute atomic E-state index is 12.0. The van der Waals surface area contributed by atoms with Crippen LogP contribution in [-0.4, -0.2) is 47.2 Å². The second kappa shape index (κ2) is 8.62. The van der Waals surface area contributed by atoms with E-state index in [9.17, 15) is 14.4 Å². The zero-order valence-electron chi connectivity index (χ0n) is 14.0. The molecule has 0 saturated carbocycles. The molecule has 3 N–H and O–H groups in total. The van der Waals surface area contributed by atoms with E-state index in [-0.39, 0.29) is 11.6 Å². The molecule has 0 unspecified atom stereocenters. The van der Waals surface area contributed by atoms with Crippen LogP contribution in [-0.2, 0) is 14.3 Å². The molecular formula is C17H20N4O4. The lowest BCUT2D eigenvalue weighted by molar-refractivity contribution is -0.130. The normalized spacial score (nSPS) is 11.4. The van der Waals surface area contributed by atoms with Gasteiger partial charge in [0.1, 0.15) is 11.7 Å². The van der Waals surface area contributed by atoms with Crippen molar-refractivity contribution in [2.24, 2.45) is 0 Å². The zero-order valence-corrected chi connectivity index (χ0v) is 14.0. The molecule has 2 amide bonds. The number of esters is 1. The number of carbonyl (C=O) groups is 3. The van der Waals surface area contributed by atoms with Gasteiger partial charge in [-0.05, 0) is 19.9 Å². The molecule has 8 nitrogen and oxygen atoms in total. The molecule has 1 atom stereocenters. The smallest absolute Gasteiger partial charge is 0.356 e. The third-order valence-corrected chi connectivity index (χ3v) is 3.32. The topological polar surface area (TPSA) is 113 Å². The average molecular weight is 344 g/mol. The molecule has 0 aliphatic carbocycles. The summed E-state index contributed by atoms with van der Waals surface area (Å²) in [5.74, 6) is -1.56. The molecule has 0 fully saturated rings. The van der Waals surface area contributed by atoms with Crippen molar-refractivity contribution >= 4 is 17.8 Å². The Morgan fingerprint density at radius 1 is 1.24 bits per heavy atom. The molecule has 8 heteroatoms. The van der Waals surface area contributed by atoms with Crippen molar-refractivity contribution in [3.05, 3.63) is 42.1 Å². The number of aromatic nitrogens is 2. The van der Waals surface area contributed by atoms with E-state index in [1.807, 2.05) is 30.3 Å². The third-order valence-electron chi connectivity index (χ3n) is 3.32. The second-order valence-electron chi connectivity index (χ2n) is 5.29. The Kier molecular flexibility index (Phi) is 6.27. The first kappa shape index (κ1) is 18.2. The van der Waals surface area contributed by atoms with Gasteiger partial charge in [0.2, 0.25) is 5.91 Å². The van der Waals surface area contributed by atoms with Crippen LogP contribution in [0.5, 0.6) is 0 Å². The highest BCUT2D eigenvalue weighted by molar-refractivity contribution is 5.92. The van der Waals surface area contributed by atoms with Gasteiger partial charge in [0, 0.05) is 12.1 Å². The number of amides is 2. The predicted molar refractivity (Wildman–Crippen MR) is 90.6 cm³/mol. The van der Waals surface area contributed by atoms with Crippen LogP contribution in [0.4, 0.5) is 0 Å². The summed E-state index contributed by atoms with van der Waals surface area (Å²) >= 11 is 0. The summed E-state index contributed by atoms with van der Waals surface area (Å²) in [5, 5.41) is 11.7. The first-order valence-electron chi connectivity index (χ1n) is 7.86.